The van der Waals surface area contributed by atoms with Crippen molar-refractivity contribution in [3.8, 4) is 0 Å². The van der Waals surface area contributed by atoms with E-state index in [4.69, 9.17) is 0 Å². The van der Waals surface area contributed by atoms with Crippen molar-refractivity contribution in [2.75, 3.05) is 25.0 Å². The summed E-state index contributed by atoms with van der Waals surface area (Å²) in [7, 11) is 0. The highest BCUT2D eigenvalue weighted by Gasteiger charge is 2.40. The van der Waals surface area contributed by atoms with Gasteiger partial charge in [0, 0.05) is 18.4 Å². The number of carbonyl (C=O) groups is 2. The van der Waals surface area contributed by atoms with Crippen LogP contribution in [0.15, 0.2) is 0 Å². The third kappa shape index (κ3) is 3.30. The quantitative estimate of drug-likeness (QED) is 0.723. The van der Waals surface area contributed by atoms with Crippen LogP contribution in [0.3, 0.4) is 0 Å². The number of fused-ring (bicyclic) bond motifs is 1. The first-order valence-electron chi connectivity index (χ1n) is 7.31. The second kappa shape index (κ2) is 6.73. The zero-order chi connectivity index (χ0) is 13.8. The smallest absolute Gasteiger partial charge is 0.245 e. The second-order valence-corrected chi connectivity index (χ2v) is 6.27. The minimum atomic E-state index is -0.174. The van der Waals surface area contributed by atoms with Crippen molar-refractivity contribution in [3.05, 3.63) is 0 Å². The highest BCUT2D eigenvalue weighted by Crippen LogP contribution is 2.24. The molecule has 4 nitrogen and oxygen atoms in total. The summed E-state index contributed by atoms with van der Waals surface area (Å²) in [5.74, 6) is 0.757. The Kier molecular flexibility index (Phi) is 5.25. The van der Waals surface area contributed by atoms with Crippen LogP contribution in [0.2, 0.25) is 0 Å². The van der Waals surface area contributed by atoms with Gasteiger partial charge in [-0.05, 0) is 31.6 Å². The third-order valence-electron chi connectivity index (χ3n) is 4.14. The van der Waals surface area contributed by atoms with Gasteiger partial charge in [0.25, 0.3) is 0 Å². The summed E-state index contributed by atoms with van der Waals surface area (Å²) in [6.07, 6.45) is 5.15. The molecule has 5 heteroatoms. The molecule has 0 bridgehead atoms. The molecule has 0 aromatic carbocycles. The maximum Gasteiger partial charge on any atom is 0.245 e. The number of alkyl halides is 1. The Morgan fingerprint density at radius 1 is 1.37 bits per heavy atom. The molecule has 2 unspecified atom stereocenters. The van der Waals surface area contributed by atoms with Crippen LogP contribution in [-0.4, -0.2) is 52.6 Å². The molecular formula is C14H23BrN2O2. The van der Waals surface area contributed by atoms with Crippen molar-refractivity contribution in [1.29, 1.82) is 0 Å². The predicted molar refractivity (Wildman–Crippen MR) is 78.1 cm³/mol. The Bertz CT molecular complexity index is 348. The molecule has 19 heavy (non-hydrogen) atoms. The van der Waals surface area contributed by atoms with Crippen molar-refractivity contribution in [2.24, 2.45) is 5.92 Å². The third-order valence-corrected chi connectivity index (χ3v) is 5.06. The van der Waals surface area contributed by atoms with Gasteiger partial charge in [-0.2, -0.15) is 0 Å². The Labute approximate surface area is 123 Å². The Balaban J connectivity index is 2.01. The molecule has 2 heterocycles. The molecule has 0 N–H and O–H groups in total. The molecule has 2 amide bonds. The number of hydrogen-bond acceptors (Lipinski definition) is 2. The minimum absolute atomic E-state index is 0.133. The molecule has 2 fully saturated rings. The molecule has 2 aliphatic heterocycles. The molecule has 108 valence electrons. The first-order valence-corrected chi connectivity index (χ1v) is 8.43. The topological polar surface area (TPSA) is 40.6 Å². The van der Waals surface area contributed by atoms with Gasteiger partial charge in [0.05, 0.1) is 6.54 Å². The Morgan fingerprint density at radius 2 is 2.16 bits per heavy atom. The van der Waals surface area contributed by atoms with E-state index in [0.717, 1.165) is 44.0 Å². The minimum Gasteiger partial charge on any atom is -0.331 e. The zero-order valence-electron chi connectivity index (χ0n) is 11.6. The molecule has 0 radical (unpaired) electrons. The van der Waals surface area contributed by atoms with Crippen molar-refractivity contribution in [2.45, 2.75) is 45.1 Å². The number of halogens is 1. The van der Waals surface area contributed by atoms with Crippen LogP contribution in [0, 0.1) is 5.92 Å². The average Bonchev–Trinajstić information content (AvgIpc) is 2.44. The highest BCUT2D eigenvalue weighted by atomic mass is 79.9. The van der Waals surface area contributed by atoms with Gasteiger partial charge in [0.1, 0.15) is 6.04 Å². The fraction of sp³-hybridized carbons (Fsp3) is 0.857. The second-order valence-electron chi connectivity index (χ2n) is 5.63. The summed E-state index contributed by atoms with van der Waals surface area (Å²) >= 11 is 3.51. The van der Waals surface area contributed by atoms with E-state index in [1.54, 1.807) is 9.80 Å². The lowest BCUT2D eigenvalue weighted by Gasteiger charge is -2.43. The number of rotatable bonds is 5. The van der Waals surface area contributed by atoms with Crippen LogP contribution in [0.1, 0.15) is 39.0 Å². The maximum atomic E-state index is 12.5. The van der Waals surface area contributed by atoms with E-state index in [-0.39, 0.29) is 24.4 Å². The largest absolute Gasteiger partial charge is 0.331 e. The predicted octanol–water partition coefficient (Wildman–Crippen LogP) is 2.02. The van der Waals surface area contributed by atoms with E-state index in [1.165, 1.54) is 0 Å². The summed E-state index contributed by atoms with van der Waals surface area (Å²) in [5, 5.41) is 0.896. The van der Waals surface area contributed by atoms with Gasteiger partial charge in [-0.25, -0.2) is 0 Å². The fourth-order valence-corrected chi connectivity index (χ4v) is 3.65. The number of nitrogens with zero attached hydrogens (tertiary/aromatic N) is 2. The molecule has 0 aromatic rings. The normalized spacial score (nSPS) is 25.5. The molecule has 0 aliphatic carbocycles. The lowest BCUT2D eigenvalue weighted by atomic mass is 9.97. The SMILES string of the molecule is CCCC(CBr)CN1CC(=O)N2CCCCC2C1=O. The molecule has 2 rings (SSSR count). The van der Waals surface area contributed by atoms with Gasteiger partial charge in [-0.15, -0.1) is 0 Å². The van der Waals surface area contributed by atoms with Crippen LogP contribution in [0.25, 0.3) is 0 Å². The van der Waals surface area contributed by atoms with Crippen LogP contribution in [0.4, 0.5) is 0 Å². The first-order chi connectivity index (χ1) is 9.17. The van der Waals surface area contributed by atoms with Gasteiger partial charge in [-0.1, -0.05) is 29.3 Å². The Hall–Kier alpha value is -0.580. The monoisotopic (exact) mass is 330 g/mol. The Morgan fingerprint density at radius 3 is 2.84 bits per heavy atom. The molecule has 0 spiro atoms. The number of amides is 2. The standard InChI is InChI=1S/C14H23BrN2O2/c1-2-5-11(8-15)9-16-10-13(18)17-7-4-3-6-12(17)14(16)19/h11-12H,2-10H2,1H3. The summed E-state index contributed by atoms with van der Waals surface area (Å²) in [6, 6.07) is -0.174. The summed E-state index contributed by atoms with van der Waals surface area (Å²) in [4.78, 5) is 28.2. The molecule has 2 saturated heterocycles. The molecule has 2 atom stereocenters. The van der Waals surface area contributed by atoms with Gasteiger partial charge < -0.3 is 9.80 Å². The first kappa shape index (κ1) is 14.8. The number of piperazine rings is 1. The molecule has 2 aliphatic rings. The van der Waals surface area contributed by atoms with Crippen molar-refractivity contribution >= 4 is 27.7 Å². The van der Waals surface area contributed by atoms with E-state index in [0.29, 0.717) is 12.5 Å². The molecule has 0 saturated carbocycles. The molecular weight excluding hydrogens is 308 g/mol. The summed E-state index contributed by atoms with van der Waals surface area (Å²) < 4.78 is 0. The highest BCUT2D eigenvalue weighted by molar-refractivity contribution is 9.09. The number of carbonyl (C=O) groups excluding carboxylic acids is 2. The van der Waals surface area contributed by atoms with E-state index >= 15 is 0 Å². The van der Waals surface area contributed by atoms with E-state index in [2.05, 4.69) is 22.9 Å². The van der Waals surface area contributed by atoms with Gasteiger partial charge in [-0.3, -0.25) is 9.59 Å². The number of hydrogen-bond donors (Lipinski definition) is 0. The van der Waals surface area contributed by atoms with E-state index < -0.39 is 0 Å². The van der Waals surface area contributed by atoms with Crippen LogP contribution in [-0.2, 0) is 9.59 Å². The van der Waals surface area contributed by atoms with Crippen molar-refractivity contribution in [1.82, 2.24) is 9.80 Å². The van der Waals surface area contributed by atoms with Crippen LogP contribution >= 0.6 is 15.9 Å². The van der Waals surface area contributed by atoms with E-state index in [1.807, 2.05) is 0 Å². The van der Waals surface area contributed by atoms with Crippen molar-refractivity contribution < 1.29 is 9.59 Å². The average molecular weight is 331 g/mol. The van der Waals surface area contributed by atoms with Crippen molar-refractivity contribution in [3.63, 3.8) is 0 Å². The van der Waals surface area contributed by atoms with Gasteiger partial charge >= 0.3 is 0 Å². The number of piperidine rings is 1. The molecule has 0 aromatic heterocycles. The lowest BCUT2D eigenvalue weighted by Crippen LogP contribution is -2.61. The van der Waals surface area contributed by atoms with Crippen LogP contribution < -0.4 is 0 Å². The van der Waals surface area contributed by atoms with E-state index in [9.17, 15) is 9.59 Å². The van der Waals surface area contributed by atoms with Gasteiger partial charge in [0.15, 0.2) is 0 Å². The summed E-state index contributed by atoms with van der Waals surface area (Å²) in [5.41, 5.74) is 0. The maximum absolute atomic E-state index is 12.5. The summed E-state index contributed by atoms with van der Waals surface area (Å²) in [6.45, 7) is 3.91. The van der Waals surface area contributed by atoms with Crippen LogP contribution in [0.5, 0.6) is 0 Å². The fourth-order valence-electron chi connectivity index (χ4n) is 3.12. The zero-order valence-corrected chi connectivity index (χ0v) is 13.2. The lowest BCUT2D eigenvalue weighted by molar-refractivity contribution is -0.158. The van der Waals surface area contributed by atoms with Gasteiger partial charge in [0.2, 0.25) is 11.8 Å².